The predicted molar refractivity (Wildman–Crippen MR) is 101 cm³/mol. The lowest BCUT2D eigenvalue weighted by Gasteiger charge is -2.37. The smallest absolute Gasteiger partial charge is 0.229 e. The van der Waals surface area contributed by atoms with Crippen molar-refractivity contribution in [1.29, 1.82) is 0 Å². The lowest BCUT2D eigenvalue weighted by molar-refractivity contribution is 0.607. The first-order chi connectivity index (χ1) is 11.4. The van der Waals surface area contributed by atoms with Crippen molar-refractivity contribution >= 4 is 27.1 Å². The van der Waals surface area contributed by atoms with Gasteiger partial charge in [-0.05, 0) is 48.9 Å². The Morgan fingerprint density at radius 2 is 1.46 bits per heavy atom. The number of nitrogens with zero attached hydrogens (tertiary/aromatic N) is 2. The van der Waals surface area contributed by atoms with Crippen LogP contribution in [0.2, 0.25) is 0 Å². The Kier molecular flexibility index (Phi) is 4.66. The molecule has 0 unspecified atom stereocenters. The summed E-state index contributed by atoms with van der Waals surface area (Å²) >= 11 is 0. The van der Waals surface area contributed by atoms with Gasteiger partial charge in [0.2, 0.25) is 10.0 Å². The lowest BCUT2D eigenvalue weighted by atomic mass is 10.2. The lowest BCUT2D eigenvalue weighted by Crippen LogP contribution is -2.46. The average Bonchev–Trinajstić information content (AvgIpc) is 2.54. The Morgan fingerprint density at radius 3 is 2.00 bits per heavy atom. The van der Waals surface area contributed by atoms with Crippen LogP contribution in [0.5, 0.6) is 0 Å². The zero-order chi connectivity index (χ0) is 17.2. The highest BCUT2D eigenvalue weighted by Crippen LogP contribution is 2.23. The van der Waals surface area contributed by atoms with Crippen molar-refractivity contribution in [3.63, 3.8) is 0 Å². The van der Waals surface area contributed by atoms with Gasteiger partial charge in [-0.15, -0.1) is 0 Å². The van der Waals surface area contributed by atoms with E-state index in [-0.39, 0.29) is 0 Å². The maximum Gasteiger partial charge on any atom is 0.229 e. The molecule has 0 atom stereocenters. The number of hydrogen-bond acceptors (Lipinski definition) is 4. The fraction of sp³-hybridized carbons (Fsp3) is 0.333. The minimum absolute atomic E-state index is 0.597. The molecule has 0 spiro atoms. The summed E-state index contributed by atoms with van der Waals surface area (Å²) in [6.45, 7) is 5.98. The molecule has 1 fully saturated rings. The van der Waals surface area contributed by atoms with Gasteiger partial charge in [-0.25, -0.2) is 8.42 Å². The number of aryl methyl sites for hydroxylation is 1. The first kappa shape index (κ1) is 16.6. The van der Waals surface area contributed by atoms with Gasteiger partial charge in [0.25, 0.3) is 0 Å². The third kappa shape index (κ3) is 4.20. The highest BCUT2D eigenvalue weighted by atomic mass is 32.2. The van der Waals surface area contributed by atoms with Gasteiger partial charge in [-0.1, -0.05) is 12.1 Å². The van der Waals surface area contributed by atoms with Gasteiger partial charge in [-0.2, -0.15) is 0 Å². The molecule has 1 N–H and O–H groups in total. The molecule has 128 valence electrons. The molecule has 0 radical (unpaired) electrons. The van der Waals surface area contributed by atoms with Crippen molar-refractivity contribution < 1.29 is 8.42 Å². The van der Waals surface area contributed by atoms with Gasteiger partial charge in [-0.3, -0.25) is 4.72 Å². The molecule has 5 nitrogen and oxygen atoms in total. The third-order valence-corrected chi connectivity index (χ3v) is 4.79. The molecule has 1 saturated heterocycles. The maximum absolute atomic E-state index is 11.3. The van der Waals surface area contributed by atoms with Crippen LogP contribution in [-0.4, -0.2) is 40.9 Å². The Hall–Kier alpha value is -2.21. The van der Waals surface area contributed by atoms with Gasteiger partial charge >= 0.3 is 0 Å². The fourth-order valence-electron chi connectivity index (χ4n) is 3.00. The van der Waals surface area contributed by atoms with Crippen LogP contribution in [0, 0.1) is 6.92 Å². The average molecular weight is 345 g/mol. The van der Waals surface area contributed by atoms with E-state index in [1.165, 1.54) is 11.3 Å². The van der Waals surface area contributed by atoms with E-state index in [4.69, 9.17) is 0 Å². The molecule has 0 saturated carbocycles. The number of hydrogen-bond donors (Lipinski definition) is 1. The van der Waals surface area contributed by atoms with Gasteiger partial charge in [0, 0.05) is 43.2 Å². The minimum atomic E-state index is -3.23. The zero-order valence-electron chi connectivity index (χ0n) is 14.1. The second kappa shape index (κ2) is 6.73. The van der Waals surface area contributed by atoms with Crippen LogP contribution < -0.4 is 14.5 Å². The van der Waals surface area contributed by atoms with Crippen LogP contribution >= 0.6 is 0 Å². The summed E-state index contributed by atoms with van der Waals surface area (Å²) in [7, 11) is -3.23. The van der Waals surface area contributed by atoms with Crippen molar-refractivity contribution in [3.8, 4) is 0 Å². The largest absolute Gasteiger partial charge is 0.368 e. The summed E-state index contributed by atoms with van der Waals surface area (Å²) in [5.74, 6) is 0. The predicted octanol–water partition coefficient (Wildman–Crippen LogP) is 2.69. The van der Waals surface area contributed by atoms with E-state index in [9.17, 15) is 8.42 Å². The minimum Gasteiger partial charge on any atom is -0.368 e. The molecule has 0 bridgehead atoms. The summed E-state index contributed by atoms with van der Waals surface area (Å²) in [6.07, 6.45) is 1.16. The second-order valence-corrected chi connectivity index (χ2v) is 7.98. The molecule has 0 amide bonds. The Morgan fingerprint density at radius 1 is 0.875 bits per heavy atom. The molecular weight excluding hydrogens is 322 g/mol. The van der Waals surface area contributed by atoms with E-state index >= 15 is 0 Å². The van der Waals surface area contributed by atoms with Gasteiger partial charge in [0.1, 0.15) is 0 Å². The van der Waals surface area contributed by atoms with Crippen LogP contribution in [0.15, 0.2) is 48.5 Å². The Bertz CT molecular complexity index is 795. The first-order valence-electron chi connectivity index (χ1n) is 8.05. The quantitative estimate of drug-likeness (QED) is 0.926. The van der Waals surface area contributed by atoms with Gasteiger partial charge in [0.05, 0.1) is 6.26 Å². The summed E-state index contributed by atoms with van der Waals surface area (Å²) in [6, 6.07) is 16.2. The molecule has 2 aromatic carbocycles. The number of anilines is 3. The monoisotopic (exact) mass is 345 g/mol. The molecule has 6 heteroatoms. The highest BCUT2D eigenvalue weighted by Gasteiger charge is 2.17. The molecular formula is C18H23N3O2S. The number of nitrogens with one attached hydrogen (secondary N) is 1. The molecule has 1 aliphatic rings. The summed E-state index contributed by atoms with van der Waals surface area (Å²) in [5.41, 5.74) is 4.28. The molecule has 2 aromatic rings. The molecule has 3 rings (SSSR count). The summed E-state index contributed by atoms with van der Waals surface area (Å²) in [5, 5.41) is 0. The van der Waals surface area contributed by atoms with E-state index in [0.29, 0.717) is 5.69 Å². The molecule has 1 heterocycles. The van der Waals surface area contributed by atoms with Gasteiger partial charge < -0.3 is 9.80 Å². The third-order valence-electron chi connectivity index (χ3n) is 4.18. The first-order valence-corrected chi connectivity index (χ1v) is 9.94. The van der Waals surface area contributed by atoms with Crippen molar-refractivity contribution in [1.82, 2.24) is 0 Å². The molecule has 24 heavy (non-hydrogen) atoms. The number of benzene rings is 2. The van der Waals surface area contributed by atoms with Crippen molar-refractivity contribution in [2.24, 2.45) is 0 Å². The maximum atomic E-state index is 11.3. The van der Waals surface area contributed by atoms with Gasteiger partial charge in [0.15, 0.2) is 0 Å². The van der Waals surface area contributed by atoms with Crippen LogP contribution in [0.4, 0.5) is 17.1 Å². The van der Waals surface area contributed by atoms with Crippen LogP contribution in [0.1, 0.15) is 5.56 Å². The fourth-order valence-corrected chi connectivity index (χ4v) is 3.57. The second-order valence-electron chi connectivity index (χ2n) is 6.23. The van der Waals surface area contributed by atoms with Crippen molar-refractivity contribution in [2.75, 3.05) is 47.0 Å². The summed E-state index contributed by atoms with van der Waals surface area (Å²) in [4.78, 5) is 4.74. The Balaban J connectivity index is 1.62. The van der Waals surface area contributed by atoms with E-state index in [2.05, 4.69) is 45.7 Å². The molecule has 0 aromatic heterocycles. The SMILES string of the molecule is Cc1cccc(N2CCN(c3ccc(NS(C)(=O)=O)cc3)CC2)c1. The Labute approximate surface area is 144 Å². The van der Waals surface area contributed by atoms with Crippen LogP contribution in [-0.2, 0) is 10.0 Å². The number of sulfonamides is 1. The van der Waals surface area contributed by atoms with E-state index in [1.807, 2.05) is 24.3 Å². The summed E-state index contributed by atoms with van der Waals surface area (Å²) < 4.78 is 25.0. The molecule has 0 aliphatic carbocycles. The zero-order valence-corrected chi connectivity index (χ0v) is 14.9. The van der Waals surface area contributed by atoms with E-state index < -0.39 is 10.0 Å². The van der Waals surface area contributed by atoms with Crippen LogP contribution in [0.25, 0.3) is 0 Å². The number of piperazine rings is 1. The van der Waals surface area contributed by atoms with Crippen molar-refractivity contribution in [2.45, 2.75) is 6.92 Å². The highest BCUT2D eigenvalue weighted by molar-refractivity contribution is 7.92. The number of rotatable bonds is 4. The van der Waals surface area contributed by atoms with Crippen LogP contribution in [0.3, 0.4) is 0 Å². The van der Waals surface area contributed by atoms with E-state index in [0.717, 1.165) is 38.1 Å². The standard InChI is InChI=1S/C18H23N3O2S/c1-15-4-3-5-18(14-15)21-12-10-20(11-13-21)17-8-6-16(7-9-17)19-24(2,22)23/h3-9,14,19H,10-13H2,1-2H3. The van der Waals surface area contributed by atoms with E-state index in [1.54, 1.807) is 0 Å². The normalized spacial score (nSPS) is 15.4. The topological polar surface area (TPSA) is 52.6 Å². The van der Waals surface area contributed by atoms with Crippen molar-refractivity contribution in [3.05, 3.63) is 54.1 Å². The molecule has 1 aliphatic heterocycles.